The molecular formula is C21H26N2O6. The molecule has 8 heteroatoms. The van der Waals surface area contributed by atoms with Crippen LogP contribution in [0.3, 0.4) is 0 Å². The number of hydrogen-bond donors (Lipinski definition) is 0. The Morgan fingerprint density at radius 2 is 2.03 bits per heavy atom. The van der Waals surface area contributed by atoms with E-state index in [1.165, 1.54) is 5.06 Å². The van der Waals surface area contributed by atoms with Gasteiger partial charge in [0, 0.05) is 6.04 Å². The number of cyclic esters (lactones) is 1. The van der Waals surface area contributed by atoms with Crippen LogP contribution in [0, 0.1) is 5.92 Å². The van der Waals surface area contributed by atoms with Gasteiger partial charge in [-0.15, -0.1) is 0 Å². The van der Waals surface area contributed by atoms with E-state index in [-0.39, 0.29) is 50.1 Å². The third-order valence-electron chi connectivity index (χ3n) is 5.91. The van der Waals surface area contributed by atoms with E-state index in [4.69, 9.17) is 14.3 Å². The maximum atomic E-state index is 13.4. The number of hydrogen-bond acceptors (Lipinski definition) is 6. The summed E-state index contributed by atoms with van der Waals surface area (Å²) in [5.41, 5.74) is 0.894. The second-order valence-corrected chi connectivity index (χ2v) is 7.74. The summed E-state index contributed by atoms with van der Waals surface area (Å²) in [5, 5.41) is 1.26. The topological polar surface area (TPSA) is 85.4 Å². The fraction of sp³-hybridized carbons (Fsp3) is 0.571. The number of likely N-dealkylation sites (tertiary alicyclic amines) is 1. The van der Waals surface area contributed by atoms with Gasteiger partial charge in [-0.25, -0.2) is 9.86 Å². The Bertz CT molecular complexity index is 770. The third kappa shape index (κ3) is 3.94. The first kappa shape index (κ1) is 19.7. The number of carbonyl (C=O) groups is 3. The van der Waals surface area contributed by atoms with Gasteiger partial charge in [0.15, 0.2) is 0 Å². The lowest BCUT2D eigenvalue weighted by Crippen LogP contribution is -2.56. The predicted octanol–water partition coefficient (Wildman–Crippen LogP) is 2.27. The Hall–Kier alpha value is -2.61. The molecule has 2 aliphatic heterocycles. The molecule has 0 N–H and O–H groups in total. The Kier molecular flexibility index (Phi) is 5.71. The molecule has 2 amide bonds. The Balaban J connectivity index is 1.48. The molecule has 4 atom stereocenters. The molecule has 8 nitrogen and oxygen atoms in total. The van der Waals surface area contributed by atoms with E-state index in [1.807, 2.05) is 30.3 Å². The van der Waals surface area contributed by atoms with E-state index in [1.54, 1.807) is 11.8 Å². The third-order valence-corrected chi connectivity index (χ3v) is 5.91. The average Bonchev–Trinajstić information content (AvgIpc) is 3.46. The summed E-state index contributed by atoms with van der Waals surface area (Å²) in [6, 6.07) is 8.37. The molecule has 156 valence electrons. The van der Waals surface area contributed by atoms with Crippen LogP contribution in [-0.4, -0.2) is 59.3 Å². The minimum atomic E-state index is -0.626. The van der Waals surface area contributed by atoms with Crippen LogP contribution in [0.15, 0.2) is 30.3 Å². The van der Waals surface area contributed by atoms with Crippen LogP contribution >= 0.6 is 0 Å². The van der Waals surface area contributed by atoms with E-state index in [9.17, 15) is 14.4 Å². The molecule has 3 fully saturated rings. The molecule has 3 aliphatic rings. The van der Waals surface area contributed by atoms with Crippen LogP contribution < -0.4 is 0 Å². The smallest absolute Gasteiger partial charge is 0.411 e. The van der Waals surface area contributed by atoms with Gasteiger partial charge in [-0.2, -0.15) is 0 Å². The van der Waals surface area contributed by atoms with Crippen LogP contribution in [0.5, 0.6) is 0 Å². The molecule has 0 unspecified atom stereocenters. The Labute approximate surface area is 169 Å². The van der Waals surface area contributed by atoms with Gasteiger partial charge in [0.25, 0.3) is 5.91 Å². The SMILES string of the molecule is CCON(C(=O)[C@@H]1[C@H]2CC[C@H](C2)N1C(=O)OCc1ccccc1)[C@@H]1COC(=O)C1. The van der Waals surface area contributed by atoms with Gasteiger partial charge >= 0.3 is 12.1 Å². The first-order valence-corrected chi connectivity index (χ1v) is 10.2. The van der Waals surface area contributed by atoms with Gasteiger partial charge in [0.1, 0.15) is 25.3 Å². The summed E-state index contributed by atoms with van der Waals surface area (Å²) in [4.78, 5) is 45.0. The van der Waals surface area contributed by atoms with Crippen molar-refractivity contribution < 1.29 is 28.7 Å². The lowest BCUT2D eigenvalue weighted by Gasteiger charge is -2.37. The fourth-order valence-electron chi connectivity index (χ4n) is 4.63. The van der Waals surface area contributed by atoms with Gasteiger partial charge < -0.3 is 9.47 Å². The quantitative estimate of drug-likeness (QED) is 0.536. The maximum Gasteiger partial charge on any atom is 0.411 e. The predicted molar refractivity (Wildman–Crippen MR) is 101 cm³/mol. The highest BCUT2D eigenvalue weighted by molar-refractivity contribution is 5.87. The van der Waals surface area contributed by atoms with Crippen LogP contribution in [0.1, 0.15) is 38.2 Å². The normalized spacial score (nSPS) is 27.8. The first-order chi connectivity index (χ1) is 14.1. The number of amides is 2. The van der Waals surface area contributed by atoms with E-state index >= 15 is 0 Å². The number of carbonyl (C=O) groups excluding carboxylic acids is 3. The molecule has 2 bridgehead atoms. The van der Waals surface area contributed by atoms with E-state index in [2.05, 4.69) is 0 Å². The summed E-state index contributed by atoms with van der Waals surface area (Å²) in [6.07, 6.45) is 2.18. The van der Waals surface area contributed by atoms with Crippen molar-refractivity contribution in [1.82, 2.24) is 9.96 Å². The summed E-state index contributed by atoms with van der Waals surface area (Å²) in [7, 11) is 0. The number of ether oxygens (including phenoxy) is 2. The second-order valence-electron chi connectivity index (χ2n) is 7.74. The van der Waals surface area contributed by atoms with Crippen molar-refractivity contribution in [2.24, 2.45) is 5.92 Å². The lowest BCUT2D eigenvalue weighted by molar-refractivity contribution is -0.204. The van der Waals surface area contributed by atoms with Crippen LogP contribution in [0.4, 0.5) is 4.79 Å². The zero-order chi connectivity index (χ0) is 20.4. The molecule has 0 aromatic heterocycles. The molecule has 29 heavy (non-hydrogen) atoms. The largest absolute Gasteiger partial charge is 0.463 e. The van der Waals surface area contributed by atoms with Crippen LogP contribution in [-0.2, 0) is 30.5 Å². The van der Waals surface area contributed by atoms with E-state index in [0.29, 0.717) is 0 Å². The van der Waals surface area contributed by atoms with Crippen molar-refractivity contribution in [3.63, 3.8) is 0 Å². The number of esters is 1. The average molecular weight is 402 g/mol. The van der Waals surface area contributed by atoms with Gasteiger partial charge in [-0.1, -0.05) is 30.3 Å². The standard InChI is InChI=1S/C21H26N2O6/c1-2-29-23(17-11-18(24)27-13-17)20(25)19-15-8-9-16(10-15)22(19)21(26)28-12-14-6-4-3-5-7-14/h3-7,15-17,19H,2,8-13H2,1H3/t15-,16+,17-,19-/m0/s1. The highest BCUT2D eigenvalue weighted by atomic mass is 16.7. The molecule has 0 radical (unpaired) electrons. The van der Waals surface area contributed by atoms with Crippen LogP contribution in [0.2, 0.25) is 0 Å². The minimum absolute atomic E-state index is 0.00200. The van der Waals surface area contributed by atoms with Crippen molar-refractivity contribution in [3.05, 3.63) is 35.9 Å². The van der Waals surface area contributed by atoms with Crippen molar-refractivity contribution in [3.8, 4) is 0 Å². The maximum absolute atomic E-state index is 13.4. The molecule has 2 saturated heterocycles. The number of hydroxylamine groups is 2. The number of rotatable bonds is 6. The van der Waals surface area contributed by atoms with Crippen molar-refractivity contribution in [1.29, 1.82) is 0 Å². The molecule has 1 aliphatic carbocycles. The Morgan fingerprint density at radius 1 is 1.24 bits per heavy atom. The molecule has 1 aromatic carbocycles. The van der Waals surface area contributed by atoms with E-state index in [0.717, 1.165) is 24.8 Å². The summed E-state index contributed by atoms with van der Waals surface area (Å²) < 4.78 is 10.5. The molecule has 2 heterocycles. The zero-order valence-electron chi connectivity index (χ0n) is 16.5. The Morgan fingerprint density at radius 3 is 2.72 bits per heavy atom. The van der Waals surface area contributed by atoms with E-state index < -0.39 is 18.2 Å². The van der Waals surface area contributed by atoms with Crippen molar-refractivity contribution >= 4 is 18.0 Å². The van der Waals surface area contributed by atoms with Gasteiger partial charge in [-0.05, 0) is 37.7 Å². The molecule has 4 rings (SSSR count). The fourth-order valence-corrected chi connectivity index (χ4v) is 4.63. The monoisotopic (exact) mass is 402 g/mol. The number of fused-ring (bicyclic) bond motifs is 2. The van der Waals surface area contributed by atoms with Gasteiger partial charge in [0.2, 0.25) is 0 Å². The van der Waals surface area contributed by atoms with Crippen LogP contribution in [0.25, 0.3) is 0 Å². The molecular weight excluding hydrogens is 376 g/mol. The van der Waals surface area contributed by atoms with Crippen molar-refractivity contribution in [2.45, 2.75) is 57.3 Å². The highest BCUT2D eigenvalue weighted by Gasteiger charge is 2.54. The lowest BCUT2D eigenvalue weighted by atomic mass is 9.97. The van der Waals surface area contributed by atoms with Gasteiger partial charge in [-0.3, -0.25) is 19.3 Å². The van der Waals surface area contributed by atoms with Gasteiger partial charge in [0.05, 0.1) is 13.0 Å². The summed E-state index contributed by atoms with van der Waals surface area (Å²) in [5.74, 6) is -0.559. The first-order valence-electron chi connectivity index (χ1n) is 10.2. The molecule has 1 saturated carbocycles. The zero-order valence-corrected chi connectivity index (χ0v) is 16.5. The summed E-state index contributed by atoms with van der Waals surface area (Å²) >= 11 is 0. The minimum Gasteiger partial charge on any atom is -0.463 e. The summed E-state index contributed by atoms with van der Waals surface area (Å²) in [6.45, 7) is 2.35. The second kappa shape index (κ2) is 8.41. The number of nitrogens with zero attached hydrogens (tertiary/aromatic N) is 2. The molecule has 1 aromatic rings. The molecule has 0 spiro atoms. The van der Waals surface area contributed by atoms with Crippen molar-refractivity contribution in [2.75, 3.05) is 13.2 Å². The number of piperidine rings is 1. The highest BCUT2D eigenvalue weighted by Crippen LogP contribution is 2.43. The number of benzene rings is 1.